The molecule has 0 radical (unpaired) electrons. The highest BCUT2D eigenvalue weighted by Crippen LogP contribution is 2.25. The molecule has 3 aromatic rings. The standard InChI is InChI=1S/C31H40N6O5/c1-20(38)37-14-21(15-37)9-24-11-28(35-30(34-24)31(2,3)4)29(40)33-12-25(39)17-36-8-7-22-10-26(6-5-23(22)16-36)41-18-27-13-32-19-42-27/h5-6,10-11,13,19,21,25,39H,7-9,12,14-18H2,1-4H3,(H,33,40)/t25-/m0/s1. The highest BCUT2D eigenvalue weighted by molar-refractivity contribution is 5.92. The molecule has 1 atom stereocenters. The number of aromatic nitrogens is 3. The summed E-state index contributed by atoms with van der Waals surface area (Å²) in [7, 11) is 0. The van der Waals surface area contributed by atoms with Gasteiger partial charge in [0.1, 0.15) is 23.9 Å². The summed E-state index contributed by atoms with van der Waals surface area (Å²) in [5, 5.41) is 13.6. The van der Waals surface area contributed by atoms with Crippen LogP contribution in [-0.2, 0) is 36.2 Å². The minimum atomic E-state index is -0.726. The third kappa shape index (κ3) is 7.51. The molecule has 2 amide bonds. The van der Waals surface area contributed by atoms with E-state index in [-0.39, 0.29) is 23.8 Å². The van der Waals surface area contributed by atoms with Crippen molar-refractivity contribution >= 4 is 11.8 Å². The average Bonchev–Trinajstić information content (AvgIpc) is 3.45. The summed E-state index contributed by atoms with van der Waals surface area (Å²) < 4.78 is 11.0. The Morgan fingerprint density at radius 2 is 2.00 bits per heavy atom. The van der Waals surface area contributed by atoms with Crippen LogP contribution in [0.25, 0.3) is 0 Å². The van der Waals surface area contributed by atoms with Crippen molar-refractivity contribution in [1.82, 2.24) is 30.1 Å². The maximum Gasteiger partial charge on any atom is 0.270 e. The number of nitrogens with one attached hydrogen (secondary N) is 1. The molecule has 2 aromatic heterocycles. The van der Waals surface area contributed by atoms with Gasteiger partial charge in [-0.15, -0.1) is 0 Å². The fraction of sp³-hybridized carbons (Fsp3) is 0.516. The fourth-order valence-electron chi connectivity index (χ4n) is 5.27. The summed E-state index contributed by atoms with van der Waals surface area (Å²) in [6, 6.07) is 7.80. The van der Waals surface area contributed by atoms with Crippen LogP contribution in [-0.4, -0.2) is 80.5 Å². The monoisotopic (exact) mass is 576 g/mol. The first-order valence-corrected chi connectivity index (χ1v) is 14.5. The number of hydrogen-bond acceptors (Lipinski definition) is 9. The molecule has 2 N–H and O–H groups in total. The third-order valence-electron chi connectivity index (χ3n) is 7.68. The Hall–Kier alpha value is -3.83. The zero-order chi connectivity index (χ0) is 29.9. The Bertz CT molecular complexity index is 1400. The molecule has 11 nitrogen and oxygen atoms in total. The van der Waals surface area contributed by atoms with E-state index in [2.05, 4.69) is 32.3 Å². The number of carbonyl (C=O) groups excluding carboxylic acids is 2. The largest absolute Gasteiger partial charge is 0.486 e. The van der Waals surface area contributed by atoms with Crippen LogP contribution in [0.15, 0.2) is 41.3 Å². The number of nitrogens with zero attached hydrogens (tertiary/aromatic N) is 5. The van der Waals surface area contributed by atoms with Crippen LogP contribution in [0.4, 0.5) is 0 Å². The van der Waals surface area contributed by atoms with Gasteiger partial charge in [-0.2, -0.15) is 0 Å². The number of ether oxygens (including phenoxy) is 1. The summed E-state index contributed by atoms with van der Waals surface area (Å²) >= 11 is 0. The van der Waals surface area contributed by atoms with Crippen LogP contribution >= 0.6 is 0 Å². The summed E-state index contributed by atoms with van der Waals surface area (Å²) in [6.07, 6.45) is 3.83. The van der Waals surface area contributed by atoms with Crippen LogP contribution in [0.3, 0.4) is 0 Å². The number of aliphatic hydroxyl groups is 1. The molecule has 0 spiro atoms. The van der Waals surface area contributed by atoms with Gasteiger partial charge < -0.3 is 24.5 Å². The number of amides is 2. The van der Waals surface area contributed by atoms with E-state index in [4.69, 9.17) is 14.1 Å². The number of benzene rings is 1. The van der Waals surface area contributed by atoms with Crippen molar-refractivity contribution in [3.05, 3.63) is 71.0 Å². The van der Waals surface area contributed by atoms with E-state index in [9.17, 15) is 14.7 Å². The Balaban J connectivity index is 1.13. The van der Waals surface area contributed by atoms with Gasteiger partial charge in [-0.1, -0.05) is 26.8 Å². The van der Waals surface area contributed by atoms with Crippen LogP contribution in [0.1, 0.15) is 66.6 Å². The lowest BCUT2D eigenvalue weighted by Crippen LogP contribution is -2.49. The lowest BCUT2D eigenvalue weighted by atomic mass is 9.92. The topological polar surface area (TPSA) is 134 Å². The Morgan fingerprint density at radius 3 is 2.71 bits per heavy atom. The molecule has 42 heavy (non-hydrogen) atoms. The summed E-state index contributed by atoms with van der Waals surface area (Å²) in [5.74, 6) is 2.13. The second-order valence-electron chi connectivity index (χ2n) is 12.3. The number of carbonyl (C=O) groups is 2. The number of hydrogen-bond donors (Lipinski definition) is 2. The van der Waals surface area contributed by atoms with Crippen molar-refractivity contribution in [2.24, 2.45) is 5.92 Å². The first-order chi connectivity index (χ1) is 20.0. The molecule has 5 rings (SSSR count). The average molecular weight is 577 g/mol. The quantitative estimate of drug-likeness (QED) is 0.373. The molecule has 11 heteroatoms. The third-order valence-corrected chi connectivity index (χ3v) is 7.68. The van der Waals surface area contributed by atoms with E-state index < -0.39 is 6.10 Å². The Kier molecular flexibility index (Phi) is 8.88. The fourth-order valence-corrected chi connectivity index (χ4v) is 5.27. The minimum Gasteiger partial charge on any atom is -0.486 e. The zero-order valence-corrected chi connectivity index (χ0v) is 24.8. The molecule has 1 aromatic carbocycles. The van der Waals surface area contributed by atoms with Crippen LogP contribution in [0.5, 0.6) is 5.75 Å². The maximum atomic E-state index is 13.1. The van der Waals surface area contributed by atoms with Crippen molar-refractivity contribution in [1.29, 1.82) is 0 Å². The zero-order valence-electron chi connectivity index (χ0n) is 24.8. The van der Waals surface area contributed by atoms with Crippen LogP contribution in [0.2, 0.25) is 0 Å². The first kappa shape index (κ1) is 29.7. The van der Waals surface area contributed by atoms with Gasteiger partial charge in [0.05, 0.1) is 12.3 Å². The molecule has 0 bridgehead atoms. The molecule has 0 unspecified atom stereocenters. The van der Waals surface area contributed by atoms with Crippen molar-refractivity contribution in [3.8, 4) is 5.75 Å². The van der Waals surface area contributed by atoms with Gasteiger partial charge in [0.2, 0.25) is 5.91 Å². The highest BCUT2D eigenvalue weighted by Gasteiger charge is 2.30. The smallest absolute Gasteiger partial charge is 0.270 e. The summed E-state index contributed by atoms with van der Waals surface area (Å²) in [6.45, 7) is 11.5. The number of aliphatic hydroxyl groups excluding tert-OH is 1. The molecule has 0 aliphatic carbocycles. The molecular formula is C31H40N6O5. The summed E-state index contributed by atoms with van der Waals surface area (Å²) in [4.78, 5) is 41.8. The van der Waals surface area contributed by atoms with Gasteiger partial charge in [0, 0.05) is 57.3 Å². The van der Waals surface area contributed by atoms with Gasteiger partial charge in [-0.25, -0.2) is 15.0 Å². The molecular weight excluding hydrogens is 536 g/mol. The number of oxazole rings is 1. The minimum absolute atomic E-state index is 0.0793. The van der Waals surface area contributed by atoms with Crippen molar-refractivity contribution in [2.75, 3.05) is 32.7 Å². The van der Waals surface area contributed by atoms with Crippen molar-refractivity contribution < 1.29 is 23.8 Å². The molecule has 0 saturated carbocycles. The van der Waals surface area contributed by atoms with E-state index >= 15 is 0 Å². The van der Waals surface area contributed by atoms with E-state index in [1.54, 1.807) is 24.1 Å². The predicted octanol–water partition coefficient (Wildman–Crippen LogP) is 2.51. The van der Waals surface area contributed by atoms with E-state index in [0.29, 0.717) is 55.9 Å². The number of likely N-dealkylation sites (tertiary alicyclic amines) is 1. The Morgan fingerprint density at radius 1 is 1.19 bits per heavy atom. The summed E-state index contributed by atoms with van der Waals surface area (Å²) in [5.41, 5.74) is 3.20. The Labute approximate surface area is 246 Å². The number of fused-ring (bicyclic) bond motifs is 1. The van der Waals surface area contributed by atoms with Gasteiger partial charge in [-0.05, 0) is 48.1 Å². The van der Waals surface area contributed by atoms with Crippen molar-refractivity contribution in [3.63, 3.8) is 0 Å². The molecule has 224 valence electrons. The van der Waals surface area contributed by atoms with E-state index in [0.717, 1.165) is 31.0 Å². The maximum absolute atomic E-state index is 13.1. The SMILES string of the molecule is CC(=O)N1CC(Cc2cc(C(=O)NC[C@H](O)CN3CCc4cc(OCc5cnco5)ccc4C3)nc(C(C)(C)C)n2)C1. The predicted molar refractivity (Wildman–Crippen MR) is 155 cm³/mol. The molecule has 2 aliphatic heterocycles. The van der Waals surface area contributed by atoms with Crippen LogP contribution < -0.4 is 10.1 Å². The molecule has 2 aliphatic rings. The normalized spacial score (nSPS) is 16.5. The first-order valence-electron chi connectivity index (χ1n) is 14.5. The molecule has 1 fully saturated rings. The second kappa shape index (κ2) is 12.6. The van der Waals surface area contributed by atoms with Crippen molar-refractivity contribution in [2.45, 2.75) is 65.2 Å². The van der Waals surface area contributed by atoms with Gasteiger partial charge in [0.15, 0.2) is 12.2 Å². The lowest BCUT2D eigenvalue weighted by Gasteiger charge is -2.38. The van der Waals surface area contributed by atoms with E-state index in [1.807, 2.05) is 26.8 Å². The van der Waals surface area contributed by atoms with Gasteiger partial charge in [-0.3, -0.25) is 14.5 Å². The number of β-amino-alcohol motifs (C(OH)–C–C–N with tert-alkyl or cyclic N) is 1. The van der Waals surface area contributed by atoms with Gasteiger partial charge >= 0.3 is 0 Å². The highest BCUT2D eigenvalue weighted by atomic mass is 16.5. The number of rotatable bonds is 10. The van der Waals surface area contributed by atoms with E-state index in [1.165, 1.54) is 17.5 Å². The van der Waals surface area contributed by atoms with Gasteiger partial charge in [0.25, 0.3) is 5.91 Å². The lowest BCUT2D eigenvalue weighted by molar-refractivity contribution is -0.134. The molecule has 1 saturated heterocycles. The molecule has 4 heterocycles. The second-order valence-corrected chi connectivity index (χ2v) is 12.3. The van der Waals surface area contributed by atoms with Crippen LogP contribution in [0, 0.1) is 5.92 Å².